The van der Waals surface area contributed by atoms with E-state index in [1.165, 1.54) is 0 Å². The normalized spacial score (nSPS) is 20.4. The van der Waals surface area contributed by atoms with Gasteiger partial charge in [0.2, 0.25) is 5.95 Å². The van der Waals surface area contributed by atoms with Crippen molar-refractivity contribution in [2.45, 2.75) is 45.8 Å². The second kappa shape index (κ2) is 7.81. The number of rotatable bonds is 7. The first-order valence-corrected chi connectivity index (χ1v) is 10.7. The minimum atomic E-state index is 0.450. The number of anilines is 3. The SMILES string of the molecule is CCOCCn1nc(C)c2nc(N3C[C@H]4C[C@@H]3CN4)nc(Nc3cccc(C)n3)c21. The fourth-order valence-corrected chi connectivity index (χ4v) is 4.43. The minimum Gasteiger partial charge on any atom is -0.380 e. The molecule has 5 heterocycles. The van der Waals surface area contributed by atoms with E-state index in [0.717, 1.165) is 59.5 Å². The molecule has 0 aromatic carbocycles. The first kappa shape index (κ1) is 19.2. The zero-order valence-corrected chi connectivity index (χ0v) is 17.7. The van der Waals surface area contributed by atoms with Crippen LogP contribution in [0.15, 0.2) is 18.2 Å². The standard InChI is InChI=1S/C21H28N8O/c1-4-30-9-8-29-19-18(14(3)27-29)25-21(28-12-15-10-16(28)11-22-15)26-20(19)24-17-7-5-6-13(2)23-17/h5-7,15-16,22H,4,8-12H2,1-3H3,(H,23,24,25,26)/t15-,16-/m1/s1. The van der Waals surface area contributed by atoms with E-state index in [2.05, 4.69) is 20.5 Å². The number of nitrogens with one attached hydrogen (secondary N) is 2. The third-order valence-corrected chi connectivity index (χ3v) is 5.84. The Kier molecular flexibility index (Phi) is 5.00. The fourth-order valence-electron chi connectivity index (χ4n) is 4.43. The van der Waals surface area contributed by atoms with Crippen LogP contribution in [0.2, 0.25) is 0 Å². The van der Waals surface area contributed by atoms with E-state index >= 15 is 0 Å². The summed E-state index contributed by atoms with van der Waals surface area (Å²) in [6.07, 6.45) is 1.15. The average molecular weight is 409 g/mol. The Labute approximate surface area is 175 Å². The van der Waals surface area contributed by atoms with E-state index in [-0.39, 0.29) is 0 Å². The van der Waals surface area contributed by atoms with Gasteiger partial charge in [0.05, 0.1) is 18.8 Å². The summed E-state index contributed by atoms with van der Waals surface area (Å²) in [5.41, 5.74) is 3.62. The first-order chi connectivity index (χ1) is 14.6. The highest BCUT2D eigenvalue weighted by Crippen LogP contribution is 2.32. The Morgan fingerprint density at radius 3 is 2.87 bits per heavy atom. The number of aromatic nitrogens is 5. The predicted molar refractivity (Wildman–Crippen MR) is 116 cm³/mol. The quantitative estimate of drug-likeness (QED) is 0.575. The Balaban J connectivity index is 1.59. The van der Waals surface area contributed by atoms with Crippen molar-refractivity contribution >= 4 is 28.6 Å². The van der Waals surface area contributed by atoms with Crippen LogP contribution in [0, 0.1) is 13.8 Å². The number of ether oxygens (including phenoxy) is 1. The van der Waals surface area contributed by atoms with Gasteiger partial charge in [-0.15, -0.1) is 0 Å². The molecule has 3 aromatic heterocycles. The average Bonchev–Trinajstić information content (AvgIpc) is 3.43. The Morgan fingerprint density at radius 1 is 1.23 bits per heavy atom. The summed E-state index contributed by atoms with van der Waals surface area (Å²) in [7, 11) is 0. The molecule has 2 aliphatic rings. The summed E-state index contributed by atoms with van der Waals surface area (Å²) in [6, 6.07) is 6.91. The van der Waals surface area contributed by atoms with Gasteiger partial charge in [-0.25, -0.2) is 9.97 Å². The monoisotopic (exact) mass is 408 g/mol. The van der Waals surface area contributed by atoms with E-state index in [1.54, 1.807) is 0 Å². The molecule has 0 unspecified atom stereocenters. The molecule has 158 valence electrons. The van der Waals surface area contributed by atoms with Gasteiger partial charge >= 0.3 is 0 Å². The van der Waals surface area contributed by atoms with Gasteiger partial charge in [-0.3, -0.25) is 4.68 Å². The van der Waals surface area contributed by atoms with Gasteiger partial charge in [0.15, 0.2) is 5.82 Å². The second-order valence-electron chi connectivity index (χ2n) is 8.01. The number of aryl methyl sites for hydroxylation is 2. The maximum Gasteiger partial charge on any atom is 0.228 e. The maximum absolute atomic E-state index is 5.56. The molecule has 0 amide bonds. The topological polar surface area (TPSA) is 93.0 Å². The van der Waals surface area contributed by atoms with Crippen LogP contribution in [0.4, 0.5) is 17.6 Å². The van der Waals surface area contributed by atoms with Crippen LogP contribution in [0.25, 0.3) is 11.0 Å². The number of hydrogen-bond donors (Lipinski definition) is 2. The molecular weight excluding hydrogens is 380 g/mol. The summed E-state index contributed by atoms with van der Waals surface area (Å²) in [6.45, 7) is 9.84. The summed E-state index contributed by atoms with van der Waals surface area (Å²) < 4.78 is 7.50. The van der Waals surface area contributed by atoms with Gasteiger partial charge in [0.25, 0.3) is 0 Å². The molecule has 3 aromatic rings. The van der Waals surface area contributed by atoms with Gasteiger partial charge in [0, 0.05) is 37.5 Å². The molecule has 2 N–H and O–H groups in total. The van der Waals surface area contributed by atoms with E-state index < -0.39 is 0 Å². The maximum atomic E-state index is 5.56. The highest BCUT2D eigenvalue weighted by molar-refractivity contribution is 5.90. The number of hydrogen-bond acceptors (Lipinski definition) is 8. The van der Waals surface area contributed by atoms with Crippen LogP contribution in [0.1, 0.15) is 24.7 Å². The number of fused-ring (bicyclic) bond motifs is 3. The van der Waals surface area contributed by atoms with E-state index in [9.17, 15) is 0 Å². The highest BCUT2D eigenvalue weighted by Gasteiger charge is 2.39. The zero-order chi connectivity index (χ0) is 20.7. The van der Waals surface area contributed by atoms with E-state index in [0.29, 0.717) is 31.8 Å². The predicted octanol–water partition coefficient (Wildman–Crippen LogP) is 2.17. The van der Waals surface area contributed by atoms with Crippen molar-refractivity contribution in [2.24, 2.45) is 0 Å². The molecular formula is C21H28N8O. The van der Waals surface area contributed by atoms with Gasteiger partial charge in [0.1, 0.15) is 16.9 Å². The van der Waals surface area contributed by atoms with Crippen molar-refractivity contribution in [1.29, 1.82) is 0 Å². The van der Waals surface area contributed by atoms with Crippen molar-refractivity contribution in [3.63, 3.8) is 0 Å². The van der Waals surface area contributed by atoms with Gasteiger partial charge in [-0.1, -0.05) is 6.07 Å². The van der Waals surface area contributed by atoms with Crippen LogP contribution in [0.3, 0.4) is 0 Å². The third kappa shape index (κ3) is 3.48. The van der Waals surface area contributed by atoms with Crippen molar-refractivity contribution in [3.05, 3.63) is 29.6 Å². The number of pyridine rings is 1. The lowest BCUT2D eigenvalue weighted by Crippen LogP contribution is -2.44. The van der Waals surface area contributed by atoms with Crippen molar-refractivity contribution in [3.8, 4) is 0 Å². The minimum absolute atomic E-state index is 0.450. The summed E-state index contributed by atoms with van der Waals surface area (Å²) in [5.74, 6) is 2.26. The number of piperazine rings is 1. The zero-order valence-electron chi connectivity index (χ0n) is 17.7. The van der Waals surface area contributed by atoms with Gasteiger partial charge < -0.3 is 20.3 Å². The molecule has 9 nitrogen and oxygen atoms in total. The molecule has 2 atom stereocenters. The molecule has 2 saturated heterocycles. The van der Waals surface area contributed by atoms with Crippen molar-refractivity contribution < 1.29 is 4.74 Å². The molecule has 5 rings (SSSR count). The van der Waals surface area contributed by atoms with Crippen LogP contribution in [-0.4, -0.2) is 63.1 Å². The Hall–Kier alpha value is -2.78. The third-order valence-electron chi connectivity index (χ3n) is 5.84. The van der Waals surface area contributed by atoms with Crippen LogP contribution in [-0.2, 0) is 11.3 Å². The lowest BCUT2D eigenvalue weighted by Gasteiger charge is -2.27. The lowest BCUT2D eigenvalue weighted by molar-refractivity contribution is 0.137. The lowest BCUT2D eigenvalue weighted by atomic mass is 10.2. The van der Waals surface area contributed by atoms with E-state index in [1.807, 2.05) is 43.7 Å². The summed E-state index contributed by atoms with van der Waals surface area (Å²) in [5, 5.41) is 11.7. The first-order valence-electron chi connectivity index (χ1n) is 10.7. The van der Waals surface area contributed by atoms with E-state index in [4.69, 9.17) is 19.8 Å². The fraction of sp³-hybridized carbons (Fsp3) is 0.524. The summed E-state index contributed by atoms with van der Waals surface area (Å²) >= 11 is 0. The van der Waals surface area contributed by atoms with Crippen molar-refractivity contribution in [2.75, 3.05) is 36.5 Å². The van der Waals surface area contributed by atoms with Gasteiger partial charge in [-0.05, 0) is 39.3 Å². The van der Waals surface area contributed by atoms with Gasteiger partial charge in [-0.2, -0.15) is 10.1 Å². The molecule has 2 fully saturated rings. The smallest absolute Gasteiger partial charge is 0.228 e. The second-order valence-corrected chi connectivity index (χ2v) is 8.01. The van der Waals surface area contributed by atoms with Crippen LogP contribution in [0.5, 0.6) is 0 Å². The highest BCUT2D eigenvalue weighted by atomic mass is 16.5. The molecule has 0 radical (unpaired) electrons. The molecule has 2 bridgehead atoms. The molecule has 9 heteroatoms. The Bertz CT molecular complexity index is 1060. The summed E-state index contributed by atoms with van der Waals surface area (Å²) in [4.78, 5) is 16.8. The molecule has 30 heavy (non-hydrogen) atoms. The van der Waals surface area contributed by atoms with Crippen molar-refractivity contribution in [1.82, 2.24) is 30.0 Å². The largest absolute Gasteiger partial charge is 0.380 e. The number of nitrogens with zero attached hydrogens (tertiary/aromatic N) is 6. The molecule has 0 saturated carbocycles. The van der Waals surface area contributed by atoms with Crippen LogP contribution < -0.4 is 15.5 Å². The molecule has 2 aliphatic heterocycles. The molecule has 0 spiro atoms. The Morgan fingerprint density at radius 2 is 2.13 bits per heavy atom. The molecule has 0 aliphatic carbocycles. The van der Waals surface area contributed by atoms with Crippen LogP contribution >= 0.6 is 0 Å².